The second-order valence-electron chi connectivity index (χ2n) is 5.19. The molecule has 2 rings (SSSR count). The van der Waals surface area contributed by atoms with Gasteiger partial charge in [-0.2, -0.15) is 0 Å². The van der Waals surface area contributed by atoms with Crippen molar-refractivity contribution in [3.05, 3.63) is 0 Å². The van der Waals surface area contributed by atoms with Crippen LogP contribution in [0.15, 0.2) is 0 Å². The van der Waals surface area contributed by atoms with E-state index < -0.39 is 0 Å². The van der Waals surface area contributed by atoms with Gasteiger partial charge in [0.1, 0.15) is 0 Å². The third kappa shape index (κ3) is 2.47. The molecule has 1 saturated heterocycles. The summed E-state index contributed by atoms with van der Waals surface area (Å²) in [6.45, 7) is 5.93. The molecular weight excluding hydrogens is 210 g/mol. The Bertz CT molecular complexity index is 252. The lowest BCUT2D eigenvalue weighted by Crippen LogP contribution is -2.45. The molecule has 0 N–H and O–H groups in total. The third-order valence-electron chi connectivity index (χ3n) is 3.83. The monoisotopic (exact) mass is 229 g/mol. The van der Waals surface area contributed by atoms with E-state index in [1.54, 1.807) is 0 Å². The number of hydrogen-bond donors (Lipinski definition) is 0. The van der Waals surface area contributed by atoms with Crippen molar-refractivity contribution >= 4 is 17.5 Å². The number of alkyl halides is 1. The molecule has 1 saturated carbocycles. The number of piperidine rings is 1. The molecule has 3 heteroatoms. The fourth-order valence-corrected chi connectivity index (χ4v) is 2.58. The minimum absolute atomic E-state index is 0.240. The van der Waals surface area contributed by atoms with Crippen molar-refractivity contribution in [3.63, 3.8) is 0 Å². The summed E-state index contributed by atoms with van der Waals surface area (Å²) in [7, 11) is 0. The molecule has 0 spiro atoms. The van der Waals surface area contributed by atoms with Gasteiger partial charge in [0.15, 0.2) is 0 Å². The van der Waals surface area contributed by atoms with E-state index in [4.69, 9.17) is 11.6 Å². The van der Waals surface area contributed by atoms with Gasteiger partial charge in [0.25, 0.3) is 0 Å². The summed E-state index contributed by atoms with van der Waals surface area (Å²) in [5.41, 5.74) is 0. The largest absolute Gasteiger partial charge is 0.342 e. The maximum atomic E-state index is 12.1. The van der Waals surface area contributed by atoms with Crippen molar-refractivity contribution in [1.82, 2.24) is 4.90 Å². The maximum Gasteiger partial charge on any atom is 0.225 e. The molecule has 2 aliphatic rings. The zero-order chi connectivity index (χ0) is 11.0. The van der Waals surface area contributed by atoms with Crippen LogP contribution >= 0.6 is 11.6 Å². The minimum atomic E-state index is 0.240. The first kappa shape index (κ1) is 11.3. The van der Waals surface area contributed by atoms with Crippen molar-refractivity contribution in [2.24, 2.45) is 17.8 Å². The van der Waals surface area contributed by atoms with E-state index >= 15 is 0 Å². The molecular formula is C12H20ClNO. The van der Waals surface area contributed by atoms with Crippen LogP contribution in [0.2, 0.25) is 0 Å². The molecule has 0 aromatic rings. The Morgan fingerprint density at radius 3 is 2.60 bits per heavy atom. The highest BCUT2D eigenvalue weighted by atomic mass is 35.5. The normalized spacial score (nSPS) is 33.9. The Labute approximate surface area is 97.0 Å². The van der Waals surface area contributed by atoms with Gasteiger partial charge < -0.3 is 4.90 Å². The van der Waals surface area contributed by atoms with Gasteiger partial charge in [0, 0.05) is 24.4 Å². The summed E-state index contributed by atoms with van der Waals surface area (Å²) < 4.78 is 0. The van der Waals surface area contributed by atoms with Gasteiger partial charge in [-0.3, -0.25) is 4.79 Å². The number of rotatable bonds is 2. The summed E-state index contributed by atoms with van der Waals surface area (Å²) in [6.07, 6.45) is 3.44. The first-order valence-corrected chi connectivity index (χ1v) is 6.46. The first-order chi connectivity index (χ1) is 7.09. The number of likely N-dealkylation sites (tertiary alicyclic amines) is 1. The molecule has 1 heterocycles. The van der Waals surface area contributed by atoms with E-state index in [1.165, 1.54) is 12.8 Å². The average Bonchev–Trinajstić information content (AvgIpc) is 3.03. The molecule has 1 aliphatic carbocycles. The van der Waals surface area contributed by atoms with Gasteiger partial charge in [-0.25, -0.2) is 0 Å². The second-order valence-corrected chi connectivity index (χ2v) is 5.75. The third-order valence-corrected chi connectivity index (χ3v) is 4.48. The predicted octanol–water partition coefficient (Wildman–Crippen LogP) is 2.51. The Morgan fingerprint density at radius 1 is 1.40 bits per heavy atom. The quantitative estimate of drug-likeness (QED) is 0.667. The van der Waals surface area contributed by atoms with Crippen molar-refractivity contribution in [1.29, 1.82) is 0 Å². The Hall–Kier alpha value is -0.240. The summed E-state index contributed by atoms with van der Waals surface area (Å²) >= 11 is 6.15. The summed E-state index contributed by atoms with van der Waals surface area (Å²) in [5.74, 6) is 1.70. The second kappa shape index (κ2) is 4.32. The Morgan fingerprint density at radius 2 is 2.07 bits per heavy atom. The van der Waals surface area contributed by atoms with E-state index in [2.05, 4.69) is 13.8 Å². The minimum Gasteiger partial charge on any atom is -0.342 e. The lowest BCUT2D eigenvalue weighted by Gasteiger charge is -2.35. The molecule has 15 heavy (non-hydrogen) atoms. The molecule has 2 nitrogen and oxygen atoms in total. The number of nitrogens with zero attached hydrogens (tertiary/aromatic N) is 1. The van der Waals surface area contributed by atoms with Crippen LogP contribution < -0.4 is 0 Å². The number of hydrogen-bond acceptors (Lipinski definition) is 1. The summed E-state index contributed by atoms with van der Waals surface area (Å²) in [6, 6.07) is 0. The SMILES string of the molecule is CC1CN(C(=O)C(C)C2CC2)CCC1Cl. The van der Waals surface area contributed by atoms with Crippen molar-refractivity contribution in [2.75, 3.05) is 13.1 Å². The van der Waals surface area contributed by atoms with E-state index in [-0.39, 0.29) is 11.3 Å². The van der Waals surface area contributed by atoms with Crippen LogP contribution in [0.25, 0.3) is 0 Å². The van der Waals surface area contributed by atoms with Crippen LogP contribution in [0.5, 0.6) is 0 Å². The highest BCUT2D eigenvalue weighted by Crippen LogP contribution is 2.38. The lowest BCUT2D eigenvalue weighted by molar-refractivity contribution is -0.137. The number of carbonyl (C=O) groups is 1. The van der Waals surface area contributed by atoms with E-state index in [0.29, 0.717) is 17.7 Å². The molecule has 0 bridgehead atoms. The molecule has 1 amide bonds. The predicted molar refractivity (Wildman–Crippen MR) is 61.9 cm³/mol. The smallest absolute Gasteiger partial charge is 0.225 e. The van der Waals surface area contributed by atoms with Crippen LogP contribution in [0.1, 0.15) is 33.1 Å². The molecule has 3 atom stereocenters. The van der Waals surface area contributed by atoms with Gasteiger partial charge in [0.2, 0.25) is 5.91 Å². The van der Waals surface area contributed by atoms with Crippen molar-refractivity contribution < 1.29 is 4.79 Å². The van der Waals surface area contributed by atoms with Gasteiger partial charge in [-0.1, -0.05) is 13.8 Å². The Balaban J connectivity index is 1.90. The molecule has 2 fully saturated rings. The van der Waals surface area contributed by atoms with E-state index in [0.717, 1.165) is 19.5 Å². The Kier molecular flexibility index (Phi) is 3.24. The van der Waals surface area contributed by atoms with Crippen LogP contribution in [0.4, 0.5) is 0 Å². The van der Waals surface area contributed by atoms with Gasteiger partial charge in [-0.15, -0.1) is 11.6 Å². The molecule has 86 valence electrons. The zero-order valence-electron chi connectivity index (χ0n) is 9.58. The van der Waals surface area contributed by atoms with Crippen LogP contribution in [-0.4, -0.2) is 29.3 Å². The topological polar surface area (TPSA) is 20.3 Å². The highest BCUT2D eigenvalue weighted by Gasteiger charge is 2.36. The lowest BCUT2D eigenvalue weighted by atomic mass is 9.97. The van der Waals surface area contributed by atoms with Crippen LogP contribution in [0.3, 0.4) is 0 Å². The van der Waals surface area contributed by atoms with Gasteiger partial charge in [0.05, 0.1) is 0 Å². The van der Waals surface area contributed by atoms with Crippen LogP contribution in [0, 0.1) is 17.8 Å². The molecule has 0 aromatic carbocycles. The molecule has 3 unspecified atom stereocenters. The zero-order valence-corrected chi connectivity index (χ0v) is 10.3. The number of amides is 1. The fourth-order valence-electron chi connectivity index (χ4n) is 2.40. The fraction of sp³-hybridized carbons (Fsp3) is 0.917. The van der Waals surface area contributed by atoms with Gasteiger partial charge in [-0.05, 0) is 31.1 Å². The van der Waals surface area contributed by atoms with Gasteiger partial charge >= 0.3 is 0 Å². The van der Waals surface area contributed by atoms with Crippen molar-refractivity contribution in [3.8, 4) is 0 Å². The molecule has 0 aromatic heterocycles. The number of halogens is 1. The maximum absolute atomic E-state index is 12.1. The molecule has 1 aliphatic heterocycles. The van der Waals surface area contributed by atoms with Crippen molar-refractivity contribution in [2.45, 2.75) is 38.5 Å². The molecule has 0 radical (unpaired) electrons. The summed E-state index contributed by atoms with van der Waals surface area (Å²) in [5, 5.41) is 0.255. The average molecular weight is 230 g/mol. The highest BCUT2D eigenvalue weighted by molar-refractivity contribution is 6.20. The van der Waals surface area contributed by atoms with E-state index in [9.17, 15) is 4.79 Å². The first-order valence-electron chi connectivity index (χ1n) is 6.02. The van der Waals surface area contributed by atoms with Crippen LogP contribution in [-0.2, 0) is 4.79 Å². The summed E-state index contributed by atoms with van der Waals surface area (Å²) in [4.78, 5) is 14.1. The standard InChI is InChI=1S/C12H20ClNO/c1-8-7-14(6-5-11(8)13)12(15)9(2)10-3-4-10/h8-11H,3-7H2,1-2H3. The van der Waals surface area contributed by atoms with E-state index in [1.807, 2.05) is 4.90 Å². The number of carbonyl (C=O) groups excluding carboxylic acids is 1.